The highest BCUT2D eigenvalue weighted by molar-refractivity contribution is 7.17. The number of carboxylic acid groups (broad SMARTS) is 1. The Morgan fingerprint density at radius 2 is 1.93 bits per heavy atom. The van der Waals surface area contributed by atoms with E-state index < -0.39 is 11.9 Å². The normalized spacial score (nSPS) is 10.7. The Kier molecular flexibility index (Phi) is 6.78. The molecular formula is C19H19N3O5S2. The summed E-state index contributed by atoms with van der Waals surface area (Å²) in [6, 6.07) is 4.92. The predicted molar refractivity (Wildman–Crippen MR) is 110 cm³/mol. The van der Waals surface area contributed by atoms with Crippen LogP contribution < -0.4 is 14.8 Å². The highest BCUT2D eigenvalue weighted by Gasteiger charge is 2.15. The molecule has 29 heavy (non-hydrogen) atoms. The lowest BCUT2D eigenvalue weighted by molar-refractivity contribution is 0.0701. The first-order chi connectivity index (χ1) is 13.9. The number of aromatic carboxylic acids is 1. The zero-order chi connectivity index (χ0) is 20.8. The van der Waals surface area contributed by atoms with Gasteiger partial charge in [0.1, 0.15) is 23.0 Å². The molecule has 8 nitrogen and oxygen atoms in total. The summed E-state index contributed by atoms with van der Waals surface area (Å²) in [6.45, 7) is 4.81. The van der Waals surface area contributed by atoms with Crippen molar-refractivity contribution in [1.29, 1.82) is 0 Å². The summed E-state index contributed by atoms with van der Waals surface area (Å²) < 4.78 is 11.5. The van der Waals surface area contributed by atoms with Crippen LogP contribution in [0.25, 0.3) is 0 Å². The Morgan fingerprint density at radius 3 is 2.55 bits per heavy atom. The number of thiazole rings is 2. The summed E-state index contributed by atoms with van der Waals surface area (Å²) >= 11 is 2.36. The van der Waals surface area contributed by atoms with Gasteiger partial charge >= 0.3 is 5.97 Å². The van der Waals surface area contributed by atoms with E-state index >= 15 is 0 Å². The van der Waals surface area contributed by atoms with E-state index in [1.54, 1.807) is 23.7 Å². The second kappa shape index (κ2) is 9.48. The standard InChI is InChI=1S/C19H19N3O5S2/c1-11(2)7-26-14-3-12(4-15(5-14)27-8-13-9-28-10-21-13)17(23)22-19-20-6-16(29-19)18(24)25/h3-6,9-11H,7-8H2,1-2H3,(H,24,25)(H,20,22,23). The minimum Gasteiger partial charge on any atom is -0.493 e. The number of amides is 1. The van der Waals surface area contributed by atoms with E-state index in [-0.39, 0.29) is 16.6 Å². The molecule has 0 radical (unpaired) electrons. The topological polar surface area (TPSA) is 111 Å². The van der Waals surface area contributed by atoms with E-state index in [1.165, 1.54) is 17.5 Å². The summed E-state index contributed by atoms with van der Waals surface area (Å²) in [4.78, 5) is 31.8. The number of nitrogens with one attached hydrogen (secondary N) is 1. The smallest absolute Gasteiger partial charge is 0.347 e. The van der Waals surface area contributed by atoms with Crippen molar-refractivity contribution in [3.05, 3.63) is 51.4 Å². The second-order valence-electron chi connectivity index (χ2n) is 6.46. The number of anilines is 1. The van der Waals surface area contributed by atoms with Crippen LogP contribution in [0.15, 0.2) is 35.3 Å². The number of carbonyl (C=O) groups excluding carboxylic acids is 1. The lowest BCUT2D eigenvalue weighted by Crippen LogP contribution is -2.13. The van der Waals surface area contributed by atoms with Crippen LogP contribution in [0.4, 0.5) is 5.13 Å². The van der Waals surface area contributed by atoms with Gasteiger partial charge in [-0.2, -0.15) is 0 Å². The lowest BCUT2D eigenvalue weighted by atomic mass is 10.2. The molecule has 0 saturated carbocycles. The van der Waals surface area contributed by atoms with Crippen LogP contribution in [0.2, 0.25) is 0 Å². The van der Waals surface area contributed by atoms with Gasteiger partial charge in [-0.05, 0) is 18.1 Å². The quantitative estimate of drug-likeness (QED) is 0.521. The molecule has 1 aromatic carbocycles. The minimum atomic E-state index is -1.09. The highest BCUT2D eigenvalue weighted by atomic mass is 32.1. The first-order valence-electron chi connectivity index (χ1n) is 8.69. The molecule has 0 spiro atoms. The van der Waals surface area contributed by atoms with Crippen LogP contribution >= 0.6 is 22.7 Å². The number of hydrogen-bond acceptors (Lipinski definition) is 8. The molecule has 0 atom stereocenters. The van der Waals surface area contributed by atoms with Crippen LogP contribution in [-0.2, 0) is 6.61 Å². The number of carbonyl (C=O) groups is 2. The third kappa shape index (κ3) is 6.00. The van der Waals surface area contributed by atoms with Gasteiger partial charge in [-0.25, -0.2) is 14.8 Å². The number of ether oxygens (including phenoxy) is 2. The summed E-state index contributed by atoms with van der Waals surface area (Å²) in [5, 5.41) is 13.7. The maximum Gasteiger partial charge on any atom is 0.347 e. The van der Waals surface area contributed by atoms with Crippen molar-refractivity contribution in [2.45, 2.75) is 20.5 Å². The van der Waals surface area contributed by atoms with Crippen molar-refractivity contribution in [2.75, 3.05) is 11.9 Å². The number of carboxylic acids is 1. The van der Waals surface area contributed by atoms with Gasteiger partial charge in [-0.1, -0.05) is 25.2 Å². The molecule has 1 amide bonds. The van der Waals surface area contributed by atoms with E-state index in [9.17, 15) is 9.59 Å². The average molecular weight is 434 g/mol. The predicted octanol–water partition coefficient (Wildman–Crippen LogP) is 4.16. The molecule has 0 unspecified atom stereocenters. The number of hydrogen-bond donors (Lipinski definition) is 2. The van der Waals surface area contributed by atoms with Gasteiger partial charge in [0, 0.05) is 17.0 Å². The number of aromatic nitrogens is 2. The Morgan fingerprint density at radius 1 is 1.17 bits per heavy atom. The molecule has 10 heteroatoms. The Hall–Kier alpha value is -2.98. The Balaban J connectivity index is 1.78. The molecule has 2 N–H and O–H groups in total. The van der Waals surface area contributed by atoms with Gasteiger partial charge in [0.25, 0.3) is 5.91 Å². The van der Waals surface area contributed by atoms with Crippen LogP contribution in [-0.4, -0.2) is 33.6 Å². The molecule has 2 heterocycles. The summed E-state index contributed by atoms with van der Waals surface area (Å²) in [5.74, 6) is -0.244. The molecule has 0 aliphatic rings. The Labute approximate surface area is 175 Å². The van der Waals surface area contributed by atoms with Crippen molar-refractivity contribution >= 4 is 39.7 Å². The number of rotatable bonds is 9. The zero-order valence-corrected chi connectivity index (χ0v) is 17.4. The molecule has 0 fully saturated rings. The fourth-order valence-electron chi connectivity index (χ4n) is 2.20. The van der Waals surface area contributed by atoms with Crippen molar-refractivity contribution in [3.63, 3.8) is 0 Å². The molecule has 0 saturated heterocycles. The number of benzene rings is 1. The average Bonchev–Trinajstić information content (AvgIpc) is 3.36. The fourth-order valence-corrected chi connectivity index (χ4v) is 3.39. The van der Waals surface area contributed by atoms with Crippen LogP contribution in [0.5, 0.6) is 11.5 Å². The molecule has 152 valence electrons. The van der Waals surface area contributed by atoms with Gasteiger partial charge in [0.2, 0.25) is 0 Å². The molecule has 0 bridgehead atoms. The van der Waals surface area contributed by atoms with E-state index in [0.29, 0.717) is 29.6 Å². The van der Waals surface area contributed by atoms with Gasteiger partial charge in [-0.15, -0.1) is 11.3 Å². The van der Waals surface area contributed by atoms with E-state index in [4.69, 9.17) is 14.6 Å². The third-order valence-corrected chi connectivity index (χ3v) is 5.07. The zero-order valence-electron chi connectivity index (χ0n) is 15.7. The maximum atomic E-state index is 12.7. The van der Waals surface area contributed by atoms with Crippen LogP contribution in [0.1, 0.15) is 39.6 Å². The number of nitrogens with zero attached hydrogens (tertiary/aromatic N) is 2. The fraction of sp³-hybridized carbons (Fsp3) is 0.263. The molecule has 3 rings (SSSR count). The first-order valence-corrected chi connectivity index (χ1v) is 10.4. The Bertz CT molecular complexity index is 986. The van der Waals surface area contributed by atoms with Crippen LogP contribution in [0, 0.1) is 5.92 Å². The summed E-state index contributed by atoms with van der Waals surface area (Å²) in [6.07, 6.45) is 1.20. The van der Waals surface area contributed by atoms with Crippen molar-refractivity contribution in [1.82, 2.24) is 9.97 Å². The maximum absolute atomic E-state index is 12.7. The van der Waals surface area contributed by atoms with E-state index in [0.717, 1.165) is 17.0 Å². The van der Waals surface area contributed by atoms with E-state index in [2.05, 4.69) is 15.3 Å². The third-order valence-electron chi connectivity index (χ3n) is 3.53. The van der Waals surface area contributed by atoms with Gasteiger partial charge in [0.05, 0.1) is 24.0 Å². The molecule has 0 aliphatic carbocycles. The molecular weight excluding hydrogens is 414 g/mol. The monoisotopic (exact) mass is 433 g/mol. The van der Waals surface area contributed by atoms with Crippen molar-refractivity contribution < 1.29 is 24.2 Å². The van der Waals surface area contributed by atoms with Crippen molar-refractivity contribution in [2.24, 2.45) is 5.92 Å². The summed E-state index contributed by atoms with van der Waals surface area (Å²) in [7, 11) is 0. The minimum absolute atomic E-state index is 0.0432. The molecule has 2 aromatic heterocycles. The summed E-state index contributed by atoms with van der Waals surface area (Å²) in [5.41, 5.74) is 2.82. The van der Waals surface area contributed by atoms with Gasteiger partial charge < -0.3 is 14.6 Å². The largest absolute Gasteiger partial charge is 0.493 e. The SMILES string of the molecule is CC(C)COc1cc(OCc2cscn2)cc(C(=O)Nc2ncc(C(=O)O)s2)c1. The van der Waals surface area contributed by atoms with Gasteiger partial charge in [0.15, 0.2) is 5.13 Å². The van der Waals surface area contributed by atoms with E-state index in [1.807, 2.05) is 19.2 Å². The lowest BCUT2D eigenvalue weighted by Gasteiger charge is -2.13. The second-order valence-corrected chi connectivity index (χ2v) is 8.20. The van der Waals surface area contributed by atoms with Gasteiger partial charge in [-0.3, -0.25) is 10.1 Å². The molecule has 3 aromatic rings. The van der Waals surface area contributed by atoms with Crippen molar-refractivity contribution in [3.8, 4) is 11.5 Å². The highest BCUT2D eigenvalue weighted by Crippen LogP contribution is 2.26. The first kappa shape index (κ1) is 20.7. The van der Waals surface area contributed by atoms with Crippen LogP contribution in [0.3, 0.4) is 0 Å². The molecule has 0 aliphatic heterocycles.